The summed E-state index contributed by atoms with van der Waals surface area (Å²) in [7, 11) is 0. The minimum absolute atomic E-state index is 0.0878. The van der Waals surface area contributed by atoms with Gasteiger partial charge >= 0.3 is 6.61 Å². The Bertz CT molecular complexity index is 695. The van der Waals surface area contributed by atoms with E-state index in [9.17, 15) is 13.6 Å². The monoisotopic (exact) mass is 415 g/mol. The van der Waals surface area contributed by atoms with Crippen molar-refractivity contribution in [3.05, 3.63) is 58.1 Å². The van der Waals surface area contributed by atoms with Gasteiger partial charge in [0.1, 0.15) is 5.75 Å². The van der Waals surface area contributed by atoms with Crippen molar-refractivity contribution >= 4 is 33.6 Å². The second kappa shape index (κ2) is 9.03. The molecule has 0 aliphatic rings. The van der Waals surface area contributed by atoms with Gasteiger partial charge < -0.3 is 10.1 Å². The number of rotatable bonds is 7. The molecule has 24 heavy (non-hydrogen) atoms. The fourth-order valence-corrected chi connectivity index (χ4v) is 3.27. The van der Waals surface area contributed by atoms with Crippen LogP contribution in [0.2, 0.25) is 0 Å². The molecule has 0 atom stereocenters. The number of hydrogen-bond acceptors (Lipinski definition) is 3. The summed E-state index contributed by atoms with van der Waals surface area (Å²) in [6.07, 6.45) is 0. The Kier molecular flexibility index (Phi) is 7.05. The van der Waals surface area contributed by atoms with Gasteiger partial charge in [-0.25, -0.2) is 0 Å². The molecule has 128 valence electrons. The number of thioether (sulfide) groups is 1. The Morgan fingerprint density at radius 2 is 1.96 bits per heavy atom. The molecule has 3 nitrogen and oxygen atoms in total. The van der Waals surface area contributed by atoms with Crippen LogP contribution in [-0.4, -0.2) is 18.3 Å². The molecule has 0 aliphatic carbocycles. The minimum Gasteiger partial charge on any atom is -0.435 e. The molecule has 0 spiro atoms. The first-order valence-electron chi connectivity index (χ1n) is 7.13. The Morgan fingerprint density at radius 1 is 1.25 bits per heavy atom. The summed E-state index contributed by atoms with van der Waals surface area (Å²) in [6, 6.07) is 12.1. The van der Waals surface area contributed by atoms with E-state index in [1.165, 1.54) is 23.9 Å². The molecule has 1 N–H and O–H groups in total. The molecule has 2 aromatic rings. The van der Waals surface area contributed by atoms with E-state index in [4.69, 9.17) is 0 Å². The Morgan fingerprint density at radius 3 is 2.58 bits per heavy atom. The van der Waals surface area contributed by atoms with E-state index in [2.05, 4.69) is 26.0 Å². The first-order valence-corrected chi connectivity index (χ1v) is 8.91. The molecule has 2 aromatic carbocycles. The molecular weight excluding hydrogens is 400 g/mol. The van der Waals surface area contributed by atoms with Gasteiger partial charge in [0.2, 0.25) is 5.91 Å². The number of aryl methyl sites for hydroxylation is 1. The number of ether oxygens (including phenoxy) is 1. The van der Waals surface area contributed by atoms with Gasteiger partial charge in [0.05, 0.1) is 5.75 Å². The van der Waals surface area contributed by atoms with Gasteiger partial charge in [-0.2, -0.15) is 8.78 Å². The molecule has 0 aliphatic heterocycles. The SMILES string of the molecule is Cc1cc(Br)ccc1SCC(=O)NCc1ccc(OC(F)F)cc1. The van der Waals surface area contributed by atoms with E-state index in [-0.39, 0.29) is 11.7 Å². The van der Waals surface area contributed by atoms with Crippen LogP contribution in [0.1, 0.15) is 11.1 Å². The lowest BCUT2D eigenvalue weighted by atomic mass is 10.2. The van der Waals surface area contributed by atoms with Crippen molar-refractivity contribution in [3.63, 3.8) is 0 Å². The predicted octanol–water partition coefficient (Wildman–Crippen LogP) is 4.77. The Balaban J connectivity index is 1.78. The molecular formula is C17H16BrF2NO2S. The van der Waals surface area contributed by atoms with Crippen LogP contribution in [0, 0.1) is 6.92 Å². The van der Waals surface area contributed by atoms with Crippen molar-refractivity contribution in [2.75, 3.05) is 5.75 Å². The van der Waals surface area contributed by atoms with Crippen LogP contribution in [0.15, 0.2) is 51.8 Å². The number of nitrogens with one attached hydrogen (secondary N) is 1. The highest BCUT2D eigenvalue weighted by Gasteiger charge is 2.07. The van der Waals surface area contributed by atoms with Crippen LogP contribution < -0.4 is 10.1 Å². The zero-order valence-corrected chi connectivity index (χ0v) is 15.3. The van der Waals surface area contributed by atoms with Gasteiger partial charge in [-0.3, -0.25) is 4.79 Å². The van der Waals surface area contributed by atoms with Crippen molar-refractivity contribution in [1.82, 2.24) is 5.32 Å². The standard InChI is InChI=1S/C17H16BrF2NO2S/c1-11-8-13(18)4-7-15(11)24-10-16(22)21-9-12-2-5-14(6-3-12)23-17(19)20/h2-8,17H,9-10H2,1H3,(H,21,22). The summed E-state index contributed by atoms with van der Waals surface area (Å²) in [5.74, 6) is 0.325. The van der Waals surface area contributed by atoms with Crippen LogP contribution in [0.25, 0.3) is 0 Å². The average molecular weight is 416 g/mol. The zero-order valence-electron chi connectivity index (χ0n) is 12.9. The molecule has 0 saturated carbocycles. The lowest BCUT2D eigenvalue weighted by Gasteiger charge is -2.08. The summed E-state index contributed by atoms with van der Waals surface area (Å²) >= 11 is 4.88. The molecule has 0 unspecified atom stereocenters. The molecule has 1 amide bonds. The highest BCUT2D eigenvalue weighted by Crippen LogP contribution is 2.25. The largest absolute Gasteiger partial charge is 0.435 e. The maximum Gasteiger partial charge on any atom is 0.387 e. The van der Waals surface area contributed by atoms with Gasteiger partial charge in [0.15, 0.2) is 0 Å². The van der Waals surface area contributed by atoms with E-state index < -0.39 is 6.61 Å². The number of alkyl halides is 2. The Labute approximate surface area is 151 Å². The third-order valence-corrected chi connectivity index (χ3v) is 4.80. The number of benzene rings is 2. The molecule has 7 heteroatoms. The molecule has 0 saturated heterocycles. The van der Waals surface area contributed by atoms with Crippen LogP contribution in [0.3, 0.4) is 0 Å². The summed E-state index contributed by atoms with van der Waals surface area (Å²) in [6.45, 7) is -0.503. The minimum atomic E-state index is -2.84. The quantitative estimate of drug-likeness (QED) is 0.661. The van der Waals surface area contributed by atoms with Gasteiger partial charge in [0, 0.05) is 15.9 Å². The predicted molar refractivity (Wildman–Crippen MR) is 94.5 cm³/mol. The molecule has 2 rings (SSSR count). The molecule has 0 bridgehead atoms. The van der Waals surface area contributed by atoms with E-state index >= 15 is 0 Å². The average Bonchev–Trinajstić information content (AvgIpc) is 2.53. The van der Waals surface area contributed by atoms with Crippen molar-refractivity contribution < 1.29 is 18.3 Å². The number of carbonyl (C=O) groups is 1. The third kappa shape index (κ3) is 6.13. The normalized spacial score (nSPS) is 10.7. The summed E-state index contributed by atoms with van der Waals surface area (Å²) < 4.78 is 29.4. The second-order valence-corrected chi connectivity index (χ2v) is 6.93. The number of amides is 1. The van der Waals surface area contributed by atoms with Gasteiger partial charge in [-0.15, -0.1) is 11.8 Å². The Hall–Kier alpha value is -1.60. The fourth-order valence-electron chi connectivity index (χ4n) is 1.96. The lowest BCUT2D eigenvalue weighted by Crippen LogP contribution is -2.24. The van der Waals surface area contributed by atoms with E-state index in [1.54, 1.807) is 12.1 Å². The summed E-state index contributed by atoms with van der Waals surface area (Å²) in [5, 5.41) is 2.80. The van der Waals surface area contributed by atoms with Gasteiger partial charge in [-0.1, -0.05) is 28.1 Å². The summed E-state index contributed by atoms with van der Waals surface area (Å²) in [4.78, 5) is 13.0. The lowest BCUT2D eigenvalue weighted by molar-refractivity contribution is -0.118. The highest BCUT2D eigenvalue weighted by atomic mass is 79.9. The van der Waals surface area contributed by atoms with Gasteiger partial charge in [0.25, 0.3) is 0 Å². The second-order valence-electron chi connectivity index (χ2n) is 5.00. The number of halogens is 3. The van der Waals surface area contributed by atoms with Crippen molar-refractivity contribution in [2.45, 2.75) is 25.0 Å². The number of hydrogen-bond donors (Lipinski definition) is 1. The maximum atomic E-state index is 12.1. The topological polar surface area (TPSA) is 38.3 Å². The summed E-state index contributed by atoms with van der Waals surface area (Å²) in [5.41, 5.74) is 1.92. The van der Waals surface area contributed by atoms with Crippen molar-refractivity contribution in [2.24, 2.45) is 0 Å². The molecule has 0 fully saturated rings. The van der Waals surface area contributed by atoms with Crippen molar-refractivity contribution in [1.29, 1.82) is 0 Å². The highest BCUT2D eigenvalue weighted by molar-refractivity contribution is 9.10. The zero-order chi connectivity index (χ0) is 17.5. The van der Waals surface area contributed by atoms with E-state index in [0.717, 1.165) is 20.5 Å². The third-order valence-electron chi connectivity index (χ3n) is 3.13. The smallest absolute Gasteiger partial charge is 0.387 e. The van der Waals surface area contributed by atoms with Crippen LogP contribution >= 0.6 is 27.7 Å². The molecule has 0 heterocycles. The van der Waals surface area contributed by atoms with Gasteiger partial charge in [-0.05, 0) is 48.4 Å². The fraction of sp³-hybridized carbons (Fsp3) is 0.235. The van der Waals surface area contributed by atoms with E-state index in [0.29, 0.717) is 12.3 Å². The first kappa shape index (κ1) is 18.7. The molecule has 0 aromatic heterocycles. The van der Waals surface area contributed by atoms with E-state index in [1.807, 2.05) is 25.1 Å². The van der Waals surface area contributed by atoms with Crippen LogP contribution in [-0.2, 0) is 11.3 Å². The maximum absolute atomic E-state index is 12.1. The molecule has 0 radical (unpaired) electrons. The van der Waals surface area contributed by atoms with Crippen LogP contribution in [0.5, 0.6) is 5.75 Å². The first-order chi connectivity index (χ1) is 11.4. The number of carbonyl (C=O) groups excluding carboxylic acids is 1. The van der Waals surface area contributed by atoms with Crippen molar-refractivity contribution in [3.8, 4) is 5.75 Å². The van der Waals surface area contributed by atoms with Crippen LogP contribution in [0.4, 0.5) is 8.78 Å².